The van der Waals surface area contributed by atoms with Gasteiger partial charge in [0.25, 0.3) is 0 Å². The number of likely N-dealkylation sites (tertiary alicyclic amines) is 1. The molecule has 2 heterocycles. The number of urea groups is 1. The second-order valence-corrected chi connectivity index (χ2v) is 4.59. The average Bonchev–Trinajstić information content (AvgIpc) is 2.88. The fourth-order valence-corrected chi connectivity index (χ4v) is 2.21. The van der Waals surface area contributed by atoms with Crippen LogP contribution in [0.2, 0.25) is 0 Å². The van der Waals surface area contributed by atoms with E-state index in [2.05, 4.69) is 25.9 Å². The monoisotopic (exact) mass is 268 g/mol. The van der Waals surface area contributed by atoms with Crippen molar-refractivity contribution >= 4 is 12.0 Å². The molecule has 2 amide bonds. The Balaban J connectivity index is 1.84. The first-order chi connectivity index (χ1) is 9.08. The number of tetrazole rings is 1. The van der Waals surface area contributed by atoms with Crippen LogP contribution in [-0.4, -0.2) is 55.2 Å². The summed E-state index contributed by atoms with van der Waals surface area (Å²) in [5.74, 6) is -0.753. The number of amides is 2. The first kappa shape index (κ1) is 13.2. The summed E-state index contributed by atoms with van der Waals surface area (Å²) in [4.78, 5) is 24.5. The van der Waals surface area contributed by atoms with Crippen molar-refractivity contribution < 1.29 is 14.7 Å². The van der Waals surface area contributed by atoms with Gasteiger partial charge in [0, 0.05) is 12.6 Å². The number of nitrogens with one attached hydrogen (secondary N) is 2. The average molecular weight is 268 g/mol. The Morgan fingerprint density at radius 1 is 1.58 bits per heavy atom. The van der Waals surface area contributed by atoms with Crippen LogP contribution in [0.25, 0.3) is 0 Å². The van der Waals surface area contributed by atoms with E-state index in [1.165, 1.54) is 0 Å². The third-order valence-electron chi connectivity index (χ3n) is 3.27. The predicted molar refractivity (Wildman–Crippen MR) is 62.9 cm³/mol. The lowest BCUT2D eigenvalue weighted by Crippen LogP contribution is -2.50. The molecule has 1 fully saturated rings. The number of carboxylic acid groups (broad SMARTS) is 1. The number of carbonyl (C=O) groups excluding carboxylic acids is 1. The van der Waals surface area contributed by atoms with Gasteiger partial charge in [0.05, 0.1) is 12.5 Å². The van der Waals surface area contributed by atoms with Crippen molar-refractivity contribution in [2.75, 3.05) is 6.54 Å². The van der Waals surface area contributed by atoms with Gasteiger partial charge in [0.2, 0.25) is 0 Å². The zero-order valence-electron chi connectivity index (χ0n) is 10.5. The van der Waals surface area contributed by atoms with Crippen molar-refractivity contribution in [1.29, 1.82) is 0 Å². The molecule has 1 aliphatic rings. The first-order valence-corrected chi connectivity index (χ1v) is 6.07. The van der Waals surface area contributed by atoms with E-state index in [0.29, 0.717) is 25.2 Å². The summed E-state index contributed by atoms with van der Waals surface area (Å²) in [6.45, 7) is 2.49. The number of rotatable bonds is 3. The van der Waals surface area contributed by atoms with Gasteiger partial charge in [-0.15, -0.1) is 10.2 Å². The van der Waals surface area contributed by atoms with E-state index in [0.717, 1.165) is 0 Å². The number of aromatic nitrogens is 4. The summed E-state index contributed by atoms with van der Waals surface area (Å²) in [5, 5.41) is 24.8. The van der Waals surface area contributed by atoms with E-state index in [1.54, 1.807) is 4.90 Å². The maximum atomic E-state index is 12.0. The fraction of sp³-hybridized carbons (Fsp3) is 0.700. The highest BCUT2D eigenvalue weighted by Crippen LogP contribution is 2.22. The number of H-pyrrole nitrogens is 1. The van der Waals surface area contributed by atoms with Gasteiger partial charge in [0.15, 0.2) is 5.82 Å². The lowest BCUT2D eigenvalue weighted by atomic mass is 9.92. The first-order valence-electron chi connectivity index (χ1n) is 6.07. The van der Waals surface area contributed by atoms with Crippen molar-refractivity contribution in [1.82, 2.24) is 30.8 Å². The second-order valence-electron chi connectivity index (χ2n) is 4.59. The molecule has 0 spiro atoms. The molecule has 104 valence electrons. The van der Waals surface area contributed by atoms with Crippen LogP contribution in [0.15, 0.2) is 0 Å². The summed E-state index contributed by atoms with van der Waals surface area (Å²) in [5.41, 5.74) is 0. The molecule has 2 unspecified atom stereocenters. The highest BCUT2D eigenvalue weighted by Gasteiger charge is 2.32. The molecule has 9 heteroatoms. The lowest BCUT2D eigenvalue weighted by molar-refractivity contribution is -0.143. The van der Waals surface area contributed by atoms with Gasteiger partial charge in [-0.1, -0.05) is 5.21 Å². The SMILES string of the molecule is CC1CC(C(=O)O)CCN1C(=O)NCc1nn[nH]n1. The molecule has 3 N–H and O–H groups in total. The molecule has 0 bridgehead atoms. The van der Waals surface area contributed by atoms with Crippen LogP contribution >= 0.6 is 0 Å². The molecule has 9 nitrogen and oxygen atoms in total. The summed E-state index contributed by atoms with van der Waals surface area (Å²) >= 11 is 0. The number of carboxylic acids is 1. The van der Waals surface area contributed by atoms with E-state index < -0.39 is 5.97 Å². The standard InChI is InChI=1S/C10H16N6O3/c1-6-4-7(9(17)18)2-3-16(6)10(19)11-5-8-12-14-15-13-8/h6-7H,2-5H2,1H3,(H,11,19)(H,17,18)(H,12,13,14,15). The van der Waals surface area contributed by atoms with Crippen LogP contribution in [0.3, 0.4) is 0 Å². The van der Waals surface area contributed by atoms with Crippen LogP contribution in [0.4, 0.5) is 4.79 Å². The van der Waals surface area contributed by atoms with Crippen molar-refractivity contribution in [2.24, 2.45) is 5.92 Å². The Morgan fingerprint density at radius 3 is 2.95 bits per heavy atom. The minimum atomic E-state index is -0.793. The van der Waals surface area contributed by atoms with Crippen LogP contribution < -0.4 is 5.32 Å². The smallest absolute Gasteiger partial charge is 0.318 e. The molecule has 0 aromatic carbocycles. The van der Waals surface area contributed by atoms with Gasteiger partial charge >= 0.3 is 12.0 Å². The van der Waals surface area contributed by atoms with Gasteiger partial charge in [0.1, 0.15) is 0 Å². The molecule has 0 aliphatic carbocycles. The third-order valence-corrected chi connectivity index (χ3v) is 3.27. The zero-order chi connectivity index (χ0) is 13.8. The molecule has 2 rings (SSSR count). The summed E-state index contributed by atoms with van der Waals surface area (Å²) in [7, 11) is 0. The quantitative estimate of drug-likeness (QED) is 0.684. The molecule has 1 saturated heterocycles. The number of piperidine rings is 1. The van der Waals surface area contributed by atoms with Gasteiger partial charge in [-0.05, 0) is 19.8 Å². The zero-order valence-corrected chi connectivity index (χ0v) is 10.5. The Labute approximate surface area is 109 Å². The molecule has 0 radical (unpaired) electrons. The molecule has 1 aromatic rings. The number of hydrogen-bond donors (Lipinski definition) is 3. The van der Waals surface area contributed by atoms with Crippen LogP contribution in [0.5, 0.6) is 0 Å². The number of carbonyl (C=O) groups is 2. The molecule has 1 aliphatic heterocycles. The van der Waals surface area contributed by atoms with Crippen LogP contribution in [-0.2, 0) is 11.3 Å². The maximum absolute atomic E-state index is 12.0. The van der Waals surface area contributed by atoms with E-state index in [1.807, 2.05) is 6.92 Å². The number of aliphatic carboxylic acids is 1. The lowest BCUT2D eigenvalue weighted by Gasteiger charge is -2.36. The van der Waals surface area contributed by atoms with Crippen molar-refractivity contribution in [2.45, 2.75) is 32.4 Å². The topological polar surface area (TPSA) is 124 Å². The summed E-state index contributed by atoms with van der Waals surface area (Å²) in [6.07, 6.45) is 0.959. The van der Waals surface area contributed by atoms with Crippen molar-refractivity contribution in [3.63, 3.8) is 0 Å². The molecule has 1 aromatic heterocycles. The number of nitrogens with zero attached hydrogens (tertiary/aromatic N) is 4. The second kappa shape index (κ2) is 5.63. The Hall–Kier alpha value is -2.19. The highest BCUT2D eigenvalue weighted by atomic mass is 16.4. The highest BCUT2D eigenvalue weighted by molar-refractivity contribution is 5.75. The minimum absolute atomic E-state index is 0.0971. The van der Waals surface area contributed by atoms with E-state index in [9.17, 15) is 9.59 Å². The van der Waals surface area contributed by atoms with Gasteiger partial charge in [-0.2, -0.15) is 5.21 Å². The largest absolute Gasteiger partial charge is 0.481 e. The Bertz CT molecular complexity index is 448. The van der Waals surface area contributed by atoms with Crippen LogP contribution in [0.1, 0.15) is 25.6 Å². The van der Waals surface area contributed by atoms with Gasteiger partial charge in [-0.3, -0.25) is 4.79 Å². The molecule has 19 heavy (non-hydrogen) atoms. The van der Waals surface area contributed by atoms with Gasteiger partial charge < -0.3 is 15.3 Å². The molecule has 0 saturated carbocycles. The third kappa shape index (κ3) is 3.18. The fourth-order valence-electron chi connectivity index (χ4n) is 2.21. The van der Waals surface area contributed by atoms with Crippen molar-refractivity contribution in [3.8, 4) is 0 Å². The molecular weight excluding hydrogens is 252 g/mol. The molecule has 2 atom stereocenters. The number of aromatic amines is 1. The predicted octanol–water partition coefficient (Wildman–Crippen LogP) is -0.406. The van der Waals surface area contributed by atoms with E-state index >= 15 is 0 Å². The Morgan fingerprint density at radius 2 is 2.37 bits per heavy atom. The number of hydrogen-bond acceptors (Lipinski definition) is 5. The summed E-state index contributed by atoms with van der Waals surface area (Å²) < 4.78 is 0. The van der Waals surface area contributed by atoms with Gasteiger partial charge in [-0.25, -0.2) is 4.79 Å². The molecular formula is C10H16N6O3. The van der Waals surface area contributed by atoms with E-state index in [-0.39, 0.29) is 24.5 Å². The van der Waals surface area contributed by atoms with Crippen LogP contribution in [0, 0.1) is 5.92 Å². The Kier molecular flexibility index (Phi) is 3.93. The maximum Gasteiger partial charge on any atom is 0.318 e. The van der Waals surface area contributed by atoms with E-state index in [4.69, 9.17) is 5.11 Å². The minimum Gasteiger partial charge on any atom is -0.481 e. The summed E-state index contributed by atoms with van der Waals surface area (Å²) in [6, 6.07) is -0.332. The van der Waals surface area contributed by atoms with Crippen molar-refractivity contribution in [3.05, 3.63) is 5.82 Å². The normalized spacial score (nSPS) is 23.1.